The second kappa shape index (κ2) is 3.64. The van der Waals surface area contributed by atoms with Crippen LogP contribution in [0.1, 0.15) is 11.3 Å². The maximum atomic E-state index is 8.88. The van der Waals surface area contributed by atoms with Crippen molar-refractivity contribution in [3.8, 4) is 0 Å². The molecule has 0 radical (unpaired) electrons. The molecule has 2 nitrogen and oxygen atoms in total. The number of hydrogen-bond acceptors (Lipinski definition) is 1. The molecule has 2 rings (SSSR count). The normalized spacial score (nSPS) is 11.1. The minimum atomic E-state index is 0.168. The van der Waals surface area contributed by atoms with E-state index in [1.54, 1.807) is 0 Å². The third kappa shape index (κ3) is 1.51. The van der Waals surface area contributed by atoms with Gasteiger partial charge in [0.25, 0.3) is 0 Å². The van der Waals surface area contributed by atoms with E-state index in [2.05, 4.69) is 4.98 Å². The third-order valence-corrected chi connectivity index (χ3v) is 2.72. The summed E-state index contributed by atoms with van der Waals surface area (Å²) in [6, 6.07) is 5.78. The first-order valence-electron chi connectivity index (χ1n) is 4.60. The quantitative estimate of drug-likeness (QED) is 0.784. The van der Waals surface area contributed by atoms with Crippen LogP contribution in [0.4, 0.5) is 0 Å². The van der Waals surface area contributed by atoms with Gasteiger partial charge >= 0.3 is 0 Å². The maximum Gasteiger partial charge on any atom is 0.0485 e. The molecule has 1 aromatic carbocycles. The van der Waals surface area contributed by atoms with Crippen LogP contribution in [0.2, 0.25) is 5.02 Å². The van der Waals surface area contributed by atoms with Gasteiger partial charge in [-0.15, -0.1) is 0 Å². The van der Waals surface area contributed by atoms with E-state index < -0.39 is 0 Å². The van der Waals surface area contributed by atoms with Gasteiger partial charge in [0, 0.05) is 34.6 Å². The number of rotatable bonds is 2. The summed E-state index contributed by atoms with van der Waals surface area (Å²) >= 11 is 5.91. The van der Waals surface area contributed by atoms with E-state index in [-0.39, 0.29) is 6.61 Å². The van der Waals surface area contributed by atoms with Crippen LogP contribution < -0.4 is 0 Å². The van der Waals surface area contributed by atoms with Crippen molar-refractivity contribution in [2.45, 2.75) is 13.3 Å². The Hall–Kier alpha value is -0.990. The summed E-state index contributed by atoms with van der Waals surface area (Å²) in [5.74, 6) is 0. The van der Waals surface area contributed by atoms with E-state index in [1.165, 1.54) is 5.56 Å². The molecule has 0 amide bonds. The maximum absolute atomic E-state index is 8.88. The number of aromatic amines is 1. The van der Waals surface area contributed by atoms with E-state index >= 15 is 0 Å². The molecule has 1 aromatic heterocycles. The molecule has 0 saturated carbocycles. The van der Waals surface area contributed by atoms with Crippen LogP contribution in [-0.4, -0.2) is 16.7 Å². The molecule has 0 atom stereocenters. The van der Waals surface area contributed by atoms with Crippen molar-refractivity contribution in [1.82, 2.24) is 4.98 Å². The van der Waals surface area contributed by atoms with Crippen LogP contribution in [0, 0.1) is 6.92 Å². The number of aryl methyl sites for hydroxylation is 1. The van der Waals surface area contributed by atoms with Crippen molar-refractivity contribution in [2.75, 3.05) is 6.61 Å². The average molecular weight is 210 g/mol. The first-order valence-corrected chi connectivity index (χ1v) is 4.97. The molecule has 0 aliphatic rings. The lowest BCUT2D eigenvalue weighted by Crippen LogP contribution is -1.92. The van der Waals surface area contributed by atoms with Gasteiger partial charge in [-0.05, 0) is 30.7 Å². The molecule has 74 valence electrons. The smallest absolute Gasteiger partial charge is 0.0485 e. The van der Waals surface area contributed by atoms with Gasteiger partial charge in [0.1, 0.15) is 0 Å². The van der Waals surface area contributed by atoms with Crippen LogP contribution in [0.3, 0.4) is 0 Å². The van der Waals surface area contributed by atoms with Gasteiger partial charge in [0.05, 0.1) is 0 Å². The molecule has 2 aromatic rings. The first-order chi connectivity index (χ1) is 6.72. The van der Waals surface area contributed by atoms with Crippen LogP contribution in [0.15, 0.2) is 18.2 Å². The Bertz CT molecular complexity index is 462. The van der Waals surface area contributed by atoms with Gasteiger partial charge in [-0.1, -0.05) is 11.6 Å². The highest BCUT2D eigenvalue weighted by Crippen LogP contribution is 2.24. The van der Waals surface area contributed by atoms with E-state index in [1.807, 2.05) is 25.1 Å². The number of benzene rings is 1. The van der Waals surface area contributed by atoms with Crippen molar-refractivity contribution in [1.29, 1.82) is 0 Å². The molecule has 0 unspecified atom stereocenters. The largest absolute Gasteiger partial charge is 0.396 e. The van der Waals surface area contributed by atoms with Crippen LogP contribution in [0.5, 0.6) is 0 Å². The summed E-state index contributed by atoms with van der Waals surface area (Å²) in [7, 11) is 0. The Morgan fingerprint density at radius 2 is 2.21 bits per heavy atom. The van der Waals surface area contributed by atoms with Crippen molar-refractivity contribution in [3.05, 3.63) is 34.5 Å². The molecule has 0 bridgehead atoms. The van der Waals surface area contributed by atoms with E-state index in [4.69, 9.17) is 16.7 Å². The molecular weight excluding hydrogens is 198 g/mol. The number of aliphatic hydroxyl groups excluding tert-OH is 1. The lowest BCUT2D eigenvalue weighted by atomic mass is 10.1. The third-order valence-electron chi connectivity index (χ3n) is 2.49. The van der Waals surface area contributed by atoms with Crippen molar-refractivity contribution >= 4 is 22.5 Å². The van der Waals surface area contributed by atoms with Crippen molar-refractivity contribution in [3.63, 3.8) is 0 Å². The number of halogens is 1. The number of aliphatic hydroxyl groups is 1. The Balaban J connectivity index is 2.62. The van der Waals surface area contributed by atoms with E-state index in [9.17, 15) is 0 Å². The summed E-state index contributed by atoms with van der Waals surface area (Å²) in [6.45, 7) is 2.21. The Kier molecular flexibility index (Phi) is 2.48. The van der Waals surface area contributed by atoms with Crippen molar-refractivity contribution in [2.24, 2.45) is 0 Å². The molecule has 0 aliphatic carbocycles. The summed E-state index contributed by atoms with van der Waals surface area (Å²) in [4.78, 5) is 3.27. The number of H-pyrrole nitrogens is 1. The highest BCUT2D eigenvalue weighted by Gasteiger charge is 2.06. The standard InChI is InChI=1S/C11H12ClNO/c1-7-9-6-8(12)2-3-11(9)13-10(7)4-5-14/h2-3,6,13-14H,4-5H2,1H3. The predicted molar refractivity (Wildman–Crippen MR) is 58.8 cm³/mol. The minimum absolute atomic E-state index is 0.168. The Morgan fingerprint density at radius 1 is 1.43 bits per heavy atom. The molecule has 0 fully saturated rings. The van der Waals surface area contributed by atoms with Crippen LogP contribution in [-0.2, 0) is 6.42 Å². The summed E-state index contributed by atoms with van der Waals surface area (Å²) in [6.07, 6.45) is 0.665. The molecule has 14 heavy (non-hydrogen) atoms. The zero-order valence-corrected chi connectivity index (χ0v) is 8.73. The fraction of sp³-hybridized carbons (Fsp3) is 0.273. The topological polar surface area (TPSA) is 36.0 Å². The summed E-state index contributed by atoms with van der Waals surface area (Å²) < 4.78 is 0. The molecule has 1 heterocycles. The van der Waals surface area contributed by atoms with Crippen LogP contribution >= 0.6 is 11.6 Å². The van der Waals surface area contributed by atoms with Gasteiger partial charge in [-0.3, -0.25) is 0 Å². The fourth-order valence-corrected chi connectivity index (χ4v) is 1.89. The predicted octanol–water partition coefficient (Wildman–Crippen LogP) is 2.66. The van der Waals surface area contributed by atoms with Crippen LogP contribution in [0.25, 0.3) is 10.9 Å². The lowest BCUT2D eigenvalue weighted by Gasteiger charge is -1.94. The molecule has 0 aliphatic heterocycles. The Labute approximate surface area is 87.5 Å². The molecular formula is C11H12ClNO. The second-order valence-corrected chi connectivity index (χ2v) is 3.83. The van der Waals surface area contributed by atoms with Gasteiger partial charge in [-0.2, -0.15) is 0 Å². The zero-order valence-electron chi connectivity index (χ0n) is 7.97. The second-order valence-electron chi connectivity index (χ2n) is 3.39. The molecule has 2 N–H and O–H groups in total. The average Bonchev–Trinajstić information content (AvgIpc) is 2.46. The molecule has 0 spiro atoms. The molecule has 0 saturated heterocycles. The highest BCUT2D eigenvalue weighted by molar-refractivity contribution is 6.31. The molecule has 3 heteroatoms. The van der Waals surface area contributed by atoms with Gasteiger partial charge in [0.2, 0.25) is 0 Å². The number of fused-ring (bicyclic) bond motifs is 1. The van der Waals surface area contributed by atoms with Gasteiger partial charge in [-0.25, -0.2) is 0 Å². The lowest BCUT2D eigenvalue weighted by molar-refractivity contribution is 0.298. The SMILES string of the molecule is Cc1c(CCO)[nH]c2ccc(Cl)cc12. The summed E-state index contributed by atoms with van der Waals surface area (Å²) in [5, 5.41) is 10.8. The fourth-order valence-electron chi connectivity index (χ4n) is 1.72. The zero-order chi connectivity index (χ0) is 10.1. The minimum Gasteiger partial charge on any atom is -0.396 e. The number of aromatic nitrogens is 1. The number of hydrogen-bond donors (Lipinski definition) is 2. The summed E-state index contributed by atoms with van der Waals surface area (Å²) in [5.41, 5.74) is 3.34. The van der Waals surface area contributed by atoms with Gasteiger partial charge < -0.3 is 10.1 Å². The monoisotopic (exact) mass is 209 g/mol. The van der Waals surface area contributed by atoms with E-state index in [0.717, 1.165) is 21.6 Å². The van der Waals surface area contributed by atoms with Gasteiger partial charge in [0.15, 0.2) is 0 Å². The Morgan fingerprint density at radius 3 is 2.93 bits per heavy atom. The first kappa shape index (κ1) is 9.56. The number of nitrogens with one attached hydrogen (secondary N) is 1. The van der Waals surface area contributed by atoms with Crippen molar-refractivity contribution < 1.29 is 5.11 Å². The van der Waals surface area contributed by atoms with E-state index in [0.29, 0.717) is 6.42 Å². The highest BCUT2D eigenvalue weighted by atomic mass is 35.5.